The molecule has 0 aromatic rings. The van der Waals surface area contributed by atoms with Gasteiger partial charge in [-0.2, -0.15) is 0 Å². The van der Waals surface area contributed by atoms with Gasteiger partial charge < -0.3 is 9.80 Å². The largest absolute Gasteiger partial charge is 0.326 e. The van der Waals surface area contributed by atoms with Gasteiger partial charge >= 0.3 is 0 Å². The van der Waals surface area contributed by atoms with Crippen molar-refractivity contribution in [1.29, 1.82) is 0 Å². The Morgan fingerprint density at radius 3 is 2.55 bits per heavy atom. The summed E-state index contributed by atoms with van der Waals surface area (Å²) in [6.07, 6.45) is 8.45. The van der Waals surface area contributed by atoms with E-state index in [0.717, 1.165) is 38.1 Å². The molecule has 1 atom stereocenters. The molecule has 3 fully saturated rings. The number of amides is 1. The van der Waals surface area contributed by atoms with E-state index in [0.29, 0.717) is 12.1 Å². The van der Waals surface area contributed by atoms with E-state index in [1.165, 1.54) is 32.4 Å². The van der Waals surface area contributed by atoms with Crippen LogP contribution in [0.3, 0.4) is 0 Å². The maximum absolute atomic E-state index is 12.6. The highest BCUT2D eigenvalue weighted by Crippen LogP contribution is 2.43. The molecule has 1 aliphatic carbocycles. The standard InChI is InChI=1S/C16H29N3O/c1-3-4-14-17-16(8-9-16)15(20)19(14)12-7-13-5-10-18(2)11-6-13/h13-14,17H,3-12H2,1-2H3. The molecular weight excluding hydrogens is 250 g/mol. The number of carbonyl (C=O) groups excluding carboxylic acids is 1. The van der Waals surface area contributed by atoms with Gasteiger partial charge in [-0.1, -0.05) is 13.3 Å². The predicted octanol–water partition coefficient (Wildman–Crippen LogP) is 1.81. The summed E-state index contributed by atoms with van der Waals surface area (Å²) in [5, 5.41) is 3.61. The van der Waals surface area contributed by atoms with Gasteiger partial charge in [-0.05, 0) is 64.6 Å². The van der Waals surface area contributed by atoms with Gasteiger partial charge in [-0.3, -0.25) is 10.1 Å². The molecule has 0 aromatic carbocycles. The second-order valence-corrected chi connectivity index (χ2v) is 7.06. The van der Waals surface area contributed by atoms with Crippen LogP contribution in [-0.2, 0) is 4.79 Å². The fourth-order valence-corrected chi connectivity index (χ4v) is 3.79. The summed E-state index contributed by atoms with van der Waals surface area (Å²) in [4.78, 5) is 17.1. The molecule has 1 N–H and O–H groups in total. The van der Waals surface area contributed by atoms with Gasteiger partial charge in [0.05, 0.1) is 11.7 Å². The minimum Gasteiger partial charge on any atom is -0.326 e. The van der Waals surface area contributed by atoms with Crippen LogP contribution in [0.5, 0.6) is 0 Å². The molecule has 20 heavy (non-hydrogen) atoms. The minimum atomic E-state index is -0.132. The van der Waals surface area contributed by atoms with E-state index in [2.05, 4.69) is 29.1 Å². The number of piperidine rings is 1. The van der Waals surface area contributed by atoms with Crippen LogP contribution in [0, 0.1) is 5.92 Å². The van der Waals surface area contributed by atoms with E-state index in [4.69, 9.17) is 0 Å². The number of rotatable bonds is 5. The molecule has 114 valence electrons. The van der Waals surface area contributed by atoms with Crippen molar-refractivity contribution in [3.63, 3.8) is 0 Å². The molecule has 1 saturated carbocycles. The summed E-state index contributed by atoms with van der Waals surface area (Å²) >= 11 is 0. The maximum atomic E-state index is 12.6. The Bertz CT molecular complexity index is 359. The number of nitrogens with one attached hydrogen (secondary N) is 1. The third-order valence-electron chi connectivity index (χ3n) is 5.42. The smallest absolute Gasteiger partial charge is 0.244 e. The average molecular weight is 279 g/mol. The van der Waals surface area contributed by atoms with Crippen molar-refractivity contribution >= 4 is 5.91 Å². The molecule has 3 rings (SSSR count). The van der Waals surface area contributed by atoms with Gasteiger partial charge in [0.15, 0.2) is 0 Å². The highest BCUT2D eigenvalue weighted by atomic mass is 16.2. The first-order valence-corrected chi connectivity index (χ1v) is 8.42. The first-order chi connectivity index (χ1) is 9.64. The summed E-state index contributed by atoms with van der Waals surface area (Å²) in [5.41, 5.74) is -0.132. The summed E-state index contributed by atoms with van der Waals surface area (Å²) in [5.74, 6) is 1.21. The van der Waals surface area contributed by atoms with E-state index in [1.54, 1.807) is 0 Å². The molecule has 0 radical (unpaired) electrons. The molecule has 1 spiro atoms. The Balaban J connectivity index is 1.53. The van der Waals surface area contributed by atoms with Gasteiger partial charge in [0, 0.05) is 6.54 Å². The van der Waals surface area contributed by atoms with E-state index >= 15 is 0 Å². The van der Waals surface area contributed by atoms with Crippen molar-refractivity contribution in [2.24, 2.45) is 5.92 Å². The molecule has 2 heterocycles. The first-order valence-electron chi connectivity index (χ1n) is 8.42. The molecule has 0 bridgehead atoms. The molecule has 2 aliphatic heterocycles. The van der Waals surface area contributed by atoms with Crippen molar-refractivity contribution in [1.82, 2.24) is 15.1 Å². The number of likely N-dealkylation sites (tertiary alicyclic amines) is 1. The fraction of sp³-hybridized carbons (Fsp3) is 0.938. The molecule has 3 aliphatic rings. The second-order valence-electron chi connectivity index (χ2n) is 7.06. The van der Waals surface area contributed by atoms with E-state index in [9.17, 15) is 4.79 Å². The Morgan fingerprint density at radius 2 is 1.95 bits per heavy atom. The quantitative estimate of drug-likeness (QED) is 0.833. The lowest BCUT2D eigenvalue weighted by Crippen LogP contribution is -2.39. The Hall–Kier alpha value is -0.610. The van der Waals surface area contributed by atoms with Crippen molar-refractivity contribution in [3.05, 3.63) is 0 Å². The normalized spacial score (nSPS) is 30.4. The summed E-state index contributed by atoms with van der Waals surface area (Å²) in [6.45, 7) is 5.62. The predicted molar refractivity (Wildman–Crippen MR) is 80.3 cm³/mol. The number of hydrogen-bond acceptors (Lipinski definition) is 3. The highest BCUT2D eigenvalue weighted by Gasteiger charge is 2.58. The van der Waals surface area contributed by atoms with E-state index in [1.807, 2.05) is 0 Å². The SMILES string of the molecule is CCCC1NC2(CC2)C(=O)N1CCC1CCN(C)CC1. The molecule has 2 saturated heterocycles. The maximum Gasteiger partial charge on any atom is 0.244 e. The van der Waals surface area contributed by atoms with Gasteiger partial charge in [0.1, 0.15) is 0 Å². The van der Waals surface area contributed by atoms with Crippen LogP contribution < -0.4 is 5.32 Å². The molecule has 4 nitrogen and oxygen atoms in total. The van der Waals surface area contributed by atoms with Crippen LogP contribution >= 0.6 is 0 Å². The first kappa shape index (κ1) is 14.3. The number of nitrogens with zero attached hydrogens (tertiary/aromatic N) is 2. The van der Waals surface area contributed by atoms with Crippen LogP contribution in [0.25, 0.3) is 0 Å². The van der Waals surface area contributed by atoms with Gasteiger partial charge in [0.2, 0.25) is 5.91 Å². The topological polar surface area (TPSA) is 35.6 Å². The average Bonchev–Trinajstić information content (AvgIpc) is 3.16. The molecular formula is C16H29N3O. The zero-order valence-electron chi connectivity index (χ0n) is 13.0. The Kier molecular flexibility index (Phi) is 4.04. The summed E-state index contributed by atoms with van der Waals surface area (Å²) < 4.78 is 0. The van der Waals surface area contributed by atoms with E-state index < -0.39 is 0 Å². The zero-order valence-corrected chi connectivity index (χ0v) is 13.0. The van der Waals surface area contributed by atoms with Crippen LogP contribution in [0.2, 0.25) is 0 Å². The molecule has 0 aromatic heterocycles. The third-order valence-corrected chi connectivity index (χ3v) is 5.42. The van der Waals surface area contributed by atoms with Crippen LogP contribution in [0.15, 0.2) is 0 Å². The highest BCUT2D eigenvalue weighted by molar-refractivity contribution is 5.91. The third kappa shape index (κ3) is 2.73. The number of carbonyl (C=O) groups is 1. The zero-order chi connectivity index (χ0) is 14.2. The molecule has 4 heteroatoms. The number of hydrogen-bond donors (Lipinski definition) is 1. The van der Waals surface area contributed by atoms with Gasteiger partial charge in [0.25, 0.3) is 0 Å². The lowest BCUT2D eigenvalue weighted by Gasteiger charge is -2.31. The van der Waals surface area contributed by atoms with Crippen LogP contribution in [-0.4, -0.2) is 54.1 Å². The van der Waals surface area contributed by atoms with Crippen molar-refractivity contribution in [3.8, 4) is 0 Å². The summed E-state index contributed by atoms with van der Waals surface area (Å²) in [6, 6.07) is 0. The molecule has 1 amide bonds. The second kappa shape index (κ2) is 5.64. The van der Waals surface area contributed by atoms with Gasteiger partial charge in [-0.15, -0.1) is 0 Å². The summed E-state index contributed by atoms with van der Waals surface area (Å²) in [7, 11) is 2.21. The van der Waals surface area contributed by atoms with Crippen LogP contribution in [0.1, 0.15) is 51.9 Å². The lowest BCUT2D eigenvalue weighted by atomic mass is 9.93. The molecule has 1 unspecified atom stereocenters. The van der Waals surface area contributed by atoms with Crippen molar-refractivity contribution in [2.45, 2.75) is 63.6 Å². The minimum absolute atomic E-state index is 0.132. The van der Waals surface area contributed by atoms with Crippen LogP contribution in [0.4, 0.5) is 0 Å². The van der Waals surface area contributed by atoms with Crippen molar-refractivity contribution in [2.75, 3.05) is 26.7 Å². The Morgan fingerprint density at radius 1 is 1.25 bits per heavy atom. The van der Waals surface area contributed by atoms with Crippen molar-refractivity contribution < 1.29 is 4.79 Å². The fourth-order valence-electron chi connectivity index (χ4n) is 3.79. The monoisotopic (exact) mass is 279 g/mol. The van der Waals surface area contributed by atoms with Gasteiger partial charge in [-0.25, -0.2) is 0 Å². The van der Waals surface area contributed by atoms with E-state index in [-0.39, 0.29) is 5.54 Å². The lowest BCUT2D eigenvalue weighted by molar-refractivity contribution is -0.131. The Labute approximate surface area is 122 Å².